The number of rotatable bonds is 2. The lowest BCUT2D eigenvalue weighted by Gasteiger charge is -2.73. The molecule has 0 N–H and O–H groups in total. The molecule has 2 nitrogen and oxygen atoms in total. The lowest BCUT2D eigenvalue weighted by molar-refractivity contribution is -0.258. The lowest BCUT2D eigenvalue weighted by Crippen LogP contribution is -2.72. The van der Waals surface area contributed by atoms with E-state index < -0.39 is 0 Å². The van der Waals surface area contributed by atoms with Gasteiger partial charge in [-0.1, -0.05) is 15.9 Å². The summed E-state index contributed by atoms with van der Waals surface area (Å²) >= 11 is 3.57. The molecule has 1 saturated heterocycles. The number of aromatic nitrogens is 1. The maximum absolute atomic E-state index is 6.07. The fourth-order valence-corrected chi connectivity index (χ4v) is 5.54. The maximum Gasteiger partial charge on any atom is 0.0633 e. The second-order valence-corrected chi connectivity index (χ2v) is 8.28. The minimum atomic E-state index is 0.399. The van der Waals surface area contributed by atoms with Gasteiger partial charge >= 0.3 is 0 Å². The molecule has 1 aromatic carbocycles. The Balaban J connectivity index is 1.43. The molecule has 3 aliphatic carbocycles. The van der Waals surface area contributed by atoms with Crippen molar-refractivity contribution in [1.29, 1.82) is 0 Å². The van der Waals surface area contributed by atoms with E-state index >= 15 is 0 Å². The molecule has 0 spiro atoms. The number of benzene rings is 1. The van der Waals surface area contributed by atoms with Crippen molar-refractivity contribution < 1.29 is 4.74 Å². The molecule has 1 unspecified atom stereocenters. The van der Waals surface area contributed by atoms with Gasteiger partial charge in [0.1, 0.15) is 0 Å². The van der Waals surface area contributed by atoms with E-state index in [9.17, 15) is 0 Å². The molecule has 4 aliphatic rings. The van der Waals surface area contributed by atoms with E-state index in [1.54, 1.807) is 0 Å². The third kappa shape index (κ3) is 1.62. The summed E-state index contributed by atoms with van der Waals surface area (Å²) in [5.74, 6) is 0. The van der Waals surface area contributed by atoms with Gasteiger partial charge in [-0.2, -0.15) is 0 Å². The zero-order chi connectivity index (χ0) is 14.1. The van der Waals surface area contributed by atoms with E-state index in [1.165, 1.54) is 49.4 Å². The highest BCUT2D eigenvalue weighted by molar-refractivity contribution is 9.10. The van der Waals surface area contributed by atoms with Gasteiger partial charge in [0.2, 0.25) is 0 Å². The van der Waals surface area contributed by atoms with Crippen molar-refractivity contribution in [3.05, 3.63) is 34.9 Å². The standard InChI is InChI=1S/C18H20BrNO/c19-14-4-5-15-13(9-14)6-7-20(15)18-10-17(11-18,12-18)16-3-1-2-8-21-16/h4-7,9,16H,1-3,8,10-12H2. The van der Waals surface area contributed by atoms with Crippen LogP contribution in [0.2, 0.25) is 0 Å². The van der Waals surface area contributed by atoms with Crippen LogP contribution in [0.25, 0.3) is 10.9 Å². The molecule has 2 heterocycles. The van der Waals surface area contributed by atoms with E-state index in [4.69, 9.17) is 4.74 Å². The van der Waals surface area contributed by atoms with Gasteiger partial charge in [0.05, 0.1) is 6.10 Å². The van der Waals surface area contributed by atoms with Crippen LogP contribution in [0.1, 0.15) is 38.5 Å². The van der Waals surface area contributed by atoms with Crippen molar-refractivity contribution in [1.82, 2.24) is 4.57 Å². The summed E-state index contributed by atoms with van der Waals surface area (Å²) in [6.07, 6.45) is 10.7. The number of halogens is 1. The van der Waals surface area contributed by atoms with E-state index in [0.717, 1.165) is 11.1 Å². The Hall–Kier alpha value is -0.800. The molecule has 3 heteroatoms. The van der Waals surface area contributed by atoms with Gasteiger partial charge in [0.25, 0.3) is 0 Å². The minimum absolute atomic E-state index is 0.399. The van der Waals surface area contributed by atoms with Gasteiger partial charge in [-0.3, -0.25) is 0 Å². The number of fused-ring (bicyclic) bond motifs is 1. The highest BCUT2D eigenvalue weighted by Gasteiger charge is 2.71. The predicted molar refractivity (Wildman–Crippen MR) is 87.5 cm³/mol. The van der Waals surface area contributed by atoms with Crippen LogP contribution >= 0.6 is 15.9 Å². The van der Waals surface area contributed by atoms with E-state index in [2.05, 4.69) is 51.0 Å². The summed E-state index contributed by atoms with van der Waals surface area (Å²) in [7, 11) is 0. The van der Waals surface area contributed by atoms with E-state index in [0.29, 0.717) is 17.1 Å². The van der Waals surface area contributed by atoms with Crippen molar-refractivity contribution >= 4 is 26.8 Å². The van der Waals surface area contributed by atoms with Crippen LogP contribution in [0.15, 0.2) is 34.9 Å². The molecule has 3 saturated carbocycles. The molecule has 21 heavy (non-hydrogen) atoms. The highest BCUT2D eigenvalue weighted by atomic mass is 79.9. The monoisotopic (exact) mass is 345 g/mol. The Labute approximate surface area is 133 Å². The Bertz CT molecular complexity index is 693. The zero-order valence-electron chi connectivity index (χ0n) is 12.1. The van der Waals surface area contributed by atoms with Crippen LogP contribution in [0.5, 0.6) is 0 Å². The van der Waals surface area contributed by atoms with Gasteiger partial charge in [0.15, 0.2) is 0 Å². The van der Waals surface area contributed by atoms with Crippen LogP contribution in [0.3, 0.4) is 0 Å². The van der Waals surface area contributed by atoms with Crippen molar-refractivity contribution in [2.45, 2.75) is 50.2 Å². The van der Waals surface area contributed by atoms with Crippen LogP contribution in [0.4, 0.5) is 0 Å². The van der Waals surface area contributed by atoms with Crippen LogP contribution in [0, 0.1) is 5.41 Å². The van der Waals surface area contributed by atoms with Crippen molar-refractivity contribution in [3.63, 3.8) is 0 Å². The predicted octanol–water partition coefficient (Wildman–Crippen LogP) is 4.85. The van der Waals surface area contributed by atoms with Gasteiger partial charge in [0, 0.05) is 39.1 Å². The molecule has 1 aliphatic heterocycles. The number of hydrogen-bond donors (Lipinski definition) is 0. The molecule has 2 aromatic rings. The largest absolute Gasteiger partial charge is 0.378 e. The molecule has 4 fully saturated rings. The first-order valence-electron chi connectivity index (χ1n) is 8.10. The minimum Gasteiger partial charge on any atom is -0.378 e. The molecule has 0 radical (unpaired) electrons. The van der Waals surface area contributed by atoms with Crippen LogP contribution < -0.4 is 0 Å². The molecule has 2 bridgehead atoms. The molecule has 1 aromatic heterocycles. The summed E-state index contributed by atoms with van der Waals surface area (Å²) in [5.41, 5.74) is 2.30. The molecule has 110 valence electrons. The molecule has 6 rings (SSSR count). The third-order valence-electron chi connectivity index (χ3n) is 6.07. The molecular formula is C18H20BrNO. The number of nitrogens with zero attached hydrogens (tertiary/aromatic N) is 1. The van der Waals surface area contributed by atoms with Crippen LogP contribution in [-0.2, 0) is 10.3 Å². The smallest absolute Gasteiger partial charge is 0.0633 e. The van der Waals surface area contributed by atoms with E-state index in [-0.39, 0.29) is 0 Å². The Morgan fingerprint density at radius 3 is 2.76 bits per heavy atom. The summed E-state index contributed by atoms with van der Waals surface area (Å²) in [4.78, 5) is 0. The first-order valence-corrected chi connectivity index (χ1v) is 8.89. The van der Waals surface area contributed by atoms with Crippen molar-refractivity contribution in [2.75, 3.05) is 6.61 Å². The van der Waals surface area contributed by atoms with Crippen molar-refractivity contribution in [3.8, 4) is 0 Å². The van der Waals surface area contributed by atoms with Crippen molar-refractivity contribution in [2.24, 2.45) is 5.41 Å². The lowest BCUT2D eigenvalue weighted by atomic mass is 9.37. The summed E-state index contributed by atoms with van der Waals surface area (Å²) in [6.45, 7) is 0.986. The van der Waals surface area contributed by atoms with Gasteiger partial charge in [-0.05, 0) is 62.8 Å². The molecular weight excluding hydrogens is 326 g/mol. The summed E-state index contributed by atoms with van der Waals surface area (Å²) in [6, 6.07) is 8.88. The first-order chi connectivity index (χ1) is 10.2. The fourth-order valence-electron chi connectivity index (χ4n) is 5.16. The fraction of sp³-hybridized carbons (Fsp3) is 0.556. The zero-order valence-corrected chi connectivity index (χ0v) is 13.7. The second-order valence-electron chi connectivity index (χ2n) is 7.36. The quantitative estimate of drug-likeness (QED) is 0.758. The molecule has 1 atom stereocenters. The first kappa shape index (κ1) is 12.7. The highest BCUT2D eigenvalue weighted by Crippen LogP contribution is 2.74. The second kappa shape index (κ2) is 4.14. The topological polar surface area (TPSA) is 14.2 Å². The average Bonchev–Trinajstić information content (AvgIpc) is 2.80. The number of ether oxygens (including phenoxy) is 1. The maximum atomic E-state index is 6.07. The summed E-state index contributed by atoms with van der Waals surface area (Å²) < 4.78 is 9.78. The average molecular weight is 346 g/mol. The SMILES string of the molecule is Brc1ccc2c(ccn2C23CC(C4CCCCO4)(C2)C3)c1. The molecule has 0 amide bonds. The normalized spacial score (nSPS) is 38.0. The van der Waals surface area contributed by atoms with Crippen LogP contribution in [-0.4, -0.2) is 17.3 Å². The Morgan fingerprint density at radius 2 is 2.00 bits per heavy atom. The third-order valence-corrected chi connectivity index (χ3v) is 6.56. The van der Waals surface area contributed by atoms with E-state index in [1.807, 2.05) is 0 Å². The van der Waals surface area contributed by atoms with Gasteiger partial charge in [-0.25, -0.2) is 0 Å². The summed E-state index contributed by atoms with van der Waals surface area (Å²) in [5, 5.41) is 1.34. The van der Waals surface area contributed by atoms with Gasteiger partial charge < -0.3 is 9.30 Å². The number of hydrogen-bond acceptors (Lipinski definition) is 1. The van der Waals surface area contributed by atoms with Gasteiger partial charge in [-0.15, -0.1) is 0 Å². The Morgan fingerprint density at radius 1 is 1.14 bits per heavy atom. The Kier molecular flexibility index (Phi) is 2.51.